The van der Waals surface area contributed by atoms with Crippen LogP contribution < -0.4 is 10.6 Å². The minimum Gasteiger partial charge on any atom is -0.384 e. The lowest BCUT2D eigenvalue weighted by Gasteiger charge is -2.22. The lowest BCUT2D eigenvalue weighted by atomic mass is 9.96. The van der Waals surface area contributed by atoms with Crippen molar-refractivity contribution in [3.05, 3.63) is 35.9 Å². The molecule has 0 fully saturated rings. The van der Waals surface area contributed by atoms with Gasteiger partial charge in [0.25, 0.3) is 0 Å². The Bertz CT molecular complexity index is 637. The first-order valence-corrected chi connectivity index (χ1v) is 10.4. The van der Waals surface area contributed by atoms with E-state index in [4.69, 9.17) is 4.74 Å². The van der Waals surface area contributed by atoms with E-state index in [1.54, 1.807) is 6.92 Å². The van der Waals surface area contributed by atoms with Gasteiger partial charge in [-0.05, 0) is 19.4 Å². The summed E-state index contributed by atoms with van der Waals surface area (Å²) in [6.45, 7) is 5.61. The summed E-state index contributed by atoms with van der Waals surface area (Å²) in [4.78, 5) is 4.41. The first-order chi connectivity index (χ1) is 11.7. The first kappa shape index (κ1) is 25.1. The van der Waals surface area contributed by atoms with E-state index in [1.165, 1.54) is 6.26 Å². The molecule has 1 aromatic rings. The summed E-state index contributed by atoms with van der Waals surface area (Å²) in [6.07, 6.45) is 1.18. The highest BCUT2D eigenvalue weighted by Crippen LogP contribution is 2.20. The quantitative estimate of drug-likeness (QED) is 0.193. The number of sulfone groups is 1. The molecule has 0 bridgehead atoms. The normalized spacial score (nSPS) is 14.2. The number of rotatable bonds is 10. The molecular formula is C17H30IN3O4S. The number of aliphatic imine (C=N–C) groups is 1. The molecule has 0 radical (unpaired) electrons. The van der Waals surface area contributed by atoms with Crippen molar-refractivity contribution < 1.29 is 18.3 Å². The fourth-order valence-corrected chi connectivity index (χ4v) is 2.44. The monoisotopic (exact) mass is 499 g/mol. The van der Waals surface area contributed by atoms with Crippen LogP contribution in [0.1, 0.15) is 19.4 Å². The van der Waals surface area contributed by atoms with E-state index < -0.39 is 15.4 Å². The molecule has 1 rings (SSSR count). The van der Waals surface area contributed by atoms with E-state index >= 15 is 0 Å². The van der Waals surface area contributed by atoms with Crippen LogP contribution in [0.3, 0.4) is 0 Å². The van der Waals surface area contributed by atoms with E-state index in [0.717, 1.165) is 5.56 Å². The van der Waals surface area contributed by atoms with Crippen LogP contribution in [0.25, 0.3) is 0 Å². The average molecular weight is 499 g/mol. The number of guanidine groups is 1. The molecule has 0 saturated heterocycles. The van der Waals surface area contributed by atoms with Crippen LogP contribution >= 0.6 is 24.0 Å². The minimum atomic E-state index is -3.00. The van der Waals surface area contributed by atoms with E-state index in [2.05, 4.69) is 15.6 Å². The van der Waals surface area contributed by atoms with Crippen molar-refractivity contribution in [3.8, 4) is 0 Å². The highest BCUT2D eigenvalue weighted by atomic mass is 127. The molecule has 150 valence electrons. The van der Waals surface area contributed by atoms with Crippen molar-refractivity contribution in [2.75, 3.05) is 44.9 Å². The second-order valence-electron chi connectivity index (χ2n) is 6.00. The number of nitrogens with one attached hydrogen (secondary N) is 2. The van der Waals surface area contributed by atoms with Gasteiger partial charge in [-0.25, -0.2) is 13.4 Å². The van der Waals surface area contributed by atoms with Crippen molar-refractivity contribution in [1.29, 1.82) is 0 Å². The summed E-state index contributed by atoms with van der Waals surface area (Å²) in [5.74, 6) is 0.589. The Balaban J connectivity index is 0.00000625. The van der Waals surface area contributed by atoms with Crippen molar-refractivity contribution in [2.24, 2.45) is 4.99 Å². The minimum absolute atomic E-state index is 0. The molecule has 0 spiro atoms. The van der Waals surface area contributed by atoms with E-state index in [0.29, 0.717) is 25.7 Å². The maximum Gasteiger partial charge on any atom is 0.191 e. The van der Waals surface area contributed by atoms with Gasteiger partial charge in [0.2, 0.25) is 0 Å². The average Bonchev–Trinajstić information content (AvgIpc) is 2.55. The SMILES string of the molecule is CCNC(=NCC(C)(O)c1ccccc1)NCCOCCS(C)(=O)=O.I. The van der Waals surface area contributed by atoms with Gasteiger partial charge in [0, 0.05) is 19.3 Å². The van der Waals surface area contributed by atoms with E-state index in [-0.39, 0.29) is 42.9 Å². The molecule has 0 aliphatic rings. The van der Waals surface area contributed by atoms with Gasteiger partial charge >= 0.3 is 0 Å². The van der Waals surface area contributed by atoms with Gasteiger partial charge in [0.15, 0.2) is 5.96 Å². The molecule has 3 N–H and O–H groups in total. The van der Waals surface area contributed by atoms with Gasteiger partial charge in [0.1, 0.15) is 15.4 Å². The van der Waals surface area contributed by atoms with Crippen LogP contribution in [0.5, 0.6) is 0 Å². The first-order valence-electron chi connectivity index (χ1n) is 8.30. The predicted molar refractivity (Wildman–Crippen MR) is 116 cm³/mol. The summed E-state index contributed by atoms with van der Waals surface area (Å²) in [6, 6.07) is 9.39. The maximum absolute atomic E-state index is 11.0. The van der Waals surface area contributed by atoms with Gasteiger partial charge in [0.05, 0.1) is 25.5 Å². The molecule has 0 aromatic heterocycles. The van der Waals surface area contributed by atoms with Crippen LogP contribution in [0, 0.1) is 0 Å². The van der Waals surface area contributed by atoms with Crippen molar-refractivity contribution >= 4 is 39.8 Å². The third kappa shape index (κ3) is 10.9. The summed E-state index contributed by atoms with van der Waals surface area (Å²) >= 11 is 0. The smallest absolute Gasteiger partial charge is 0.191 e. The van der Waals surface area contributed by atoms with Gasteiger partial charge < -0.3 is 20.5 Å². The van der Waals surface area contributed by atoms with Gasteiger partial charge in [-0.15, -0.1) is 24.0 Å². The second kappa shape index (κ2) is 12.5. The van der Waals surface area contributed by atoms with Gasteiger partial charge in [-0.2, -0.15) is 0 Å². The number of hydrogen-bond acceptors (Lipinski definition) is 5. The molecule has 0 aliphatic carbocycles. The number of nitrogens with zero attached hydrogens (tertiary/aromatic N) is 1. The van der Waals surface area contributed by atoms with Crippen LogP contribution in [-0.2, 0) is 20.2 Å². The van der Waals surface area contributed by atoms with Crippen LogP contribution in [0.15, 0.2) is 35.3 Å². The van der Waals surface area contributed by atoms with Crippen molar-refractivity contribution in [3.63, 3.8) is 0 Å². The zero-order chi connectivity index (χ0) is 18.8. The molecule has 1 atom stereocenters. The predicted octanol–water partition coefficient (Wildman–Crippen LogP) is 1.13. The Kier molecular flexibility index (Phi) is 12.0. The maximum atomic E-state index is 11.0. The third-order valence-electron chi connectivity index (χ3n) is 3.42. The molecule has 1 unspecified atom stereocenters. The second-order valence-corrected chi connectivity index (χ2v) is 8.26. The Morgan fingerprint density at radius 1 is 1.23 bits per heavy atom. The Hall–Kier alpha value is -0.910. The molecule has 9 heteroatoms. The summed E-state index contributed by atoms with van der Waals surface area (Å²) in [5.41, 5.74) is -0.256. The van der Waals surface area contributed by atoms with Crippen LogP contribution in [-0.4, -0.2) is 64.3 Å². The lowest BCUT2D eigenvalue weighted by Crippen LogP contribution is -2.40. The van der Waals surface area contributed by atoms with Crippen LogP contribution in [0.2, 0.25) is 0 Å². The van der Waals surface area contributed by atoms with Gasteiger partial charge in [-0.1, -0.05) is 30.3 Å². The summed E-state index contributed by atoms with van der Waals surface area (Å²) in [7, 11) is -3.00. The Morgan fingerprint density at radius 2 is 1.88 bits per heavy atom. The largest absolute Gasteiger partial charge is 0.384 e. The van der Waals surface area contributed by atoms with Crippen LogP contribution in [0.4, 0.5) is 0 Å². The Labute approximate surface area is 173 Å². The van der Waals surface area contributed by atoms with Gasteiger partial charge in [-0.3, -0.25) is 0 Å². The molecule has 0 amide bonds. The summed E-state index contributed by atoms with van der Waals surface area (Å²) < 4.78 is 27.3. The molecule has 0 saturated carbocycles. The number of ether oxygens (including phenoxy) is 1. The number of aliphatic hydroxyl groups is 1. The topological polar surface area (TPSA) is 100 Å². The highest BCUT2D eigenvalue weighted by Gasteiger charge is 2.22. The fraction of sp³-hybridized carbons (Fsp3) is 0.588. The van der Waals surface area contributed by atoms with E-state index in [9.17, 15) is 13.5 Å². The highest BCUT2D eigenvalue weighted by molar-refractivity contribution is 14.0. The Morgan fingerprint density at radius 3 is 2.46 bits per heavy atom. The zero-order valence-electron chi connectivity index (χ0n) is 15.6. The third-order valence-corrected chi connectivity index (χ3v) is 4.33. The molecule has 0 aliphatic heterocycles. The molecular weight excluding hydrogens is 469 g/mol. The number of halogens is 1. The fourth-order valence-electron chi connectivity index (χ4n) is 2.02. The standard InChI is InChI=1S/C17H29N3O4S.HI/c1-4-18-16(19-10-11-24-12-13-25(3,22)23)20-14-17(2,21)15-8-6-5-7-9-15;/h5-9,21H,4,10-14H2,1-3H3,(H2,18,19,20);1H. The molecule has 0 heterocycles. The molecule has 1 aromatic carbocycles. The van der Waals surface area contributed by atoms with E-state index in [1.807, 2.05) is 37.3 Å². The number of hydrogen-bond donors (Lipinski definition) is 3. The molecule has 26 heavy (non-hydrogen) atoms. The number of benzene rings is 1. The van der Waals surface area contributed by atoms with Crippen molar-refractivity contribution in [2.45, 2.75) is 19.4 Å². The lowest BCUT2D eigenvalue weighted by molar-refractivity contribution is 0.0672. The zero-order valence-corrected chi connectivity index (χ0v) is 18.7. The van der Waals surface area contributed by atoms with Crippen molar-refractivity contribution in [1.82, 2.24) is 10.6 Å². The summed E-state index contributed by atoms with van der Waals surface area (Å²) in [5, 5.41) is 16.8. The molecule has 7 nitrogen and oxygen atoms in total.